The highest BCUT2D eigenvalue weighted by molar-refractivity contribution is 6.10. The molecule has 0 aromatic heterocycles. The van der Waals surface area contributed by atoms with Gasteiger partial charge >= 0.3 is 5.97 Å². The summed E-state index contributed by atoms with van der Waals surface area (Å²) in [6.45, 7) is 1.89. The summed E-state index contributed by atoms with van der Waals surface area (Å²) in [5.74, 6) is 0.0123. The van der Waals surface area contributed by atoms with Crippen molar-refractivity contribution in [1.29, 1.82) is 0 Å². The monoisotopic (exact) mass is 263 g/mol. The zero-order valence-electron chi connectivity index (χ0n) is 11.3. The fraction of sp³-hybridized carbons (Fsp3) is 0.429. The van der Waals surface area contributed by atoms with E-state index in [4.69, 9.17) is 9.47 Å². The molecule has 5 nitrogen and oxygen atoms in total. The number of ether oxygens (including phenoxy) is 2. The lowest BCUT2D eigenvalue weighted by Crippen LogP contribution is -2.64. The van der Waals surface area contributed by atoms with E-state index < -0.39 is 6.04 Å². The second-order valence-electron chi connectivity index (χ2n) is 4.39. The van der Waals surface area contributed by atoms with Crippen LogP contribution in [0.15, 0.2) is 24.3 Å². The Hall–Kier alpha value is -2.04. The van der Waals surface area contributed by atoms with Crippen molar-refractivity contribution in [2.75, 3.05) is 19.1 Å². The van der Waals surface area contributed by atoms with Crippen LogP contribution in [0.5, 0.6) is 5.75 Å². The zero-order valence-corrected chi connectivity index (χ0v) is 11.3. The van der Waals surface area contributed by atoms with Gasteiger partial charge in [-0.25, -0.2) is 4.79 Å². The first-order chi connectivity index (χ1) is 9.13. The molecule has 1 heterocycles. The van der Waals surface area contributed by atoms with Crippen LogP contribution < -0.4 is 9.64 Å². The first kappa shape index (κ1) is 13.4. The highest BCUT2D eigenvalue weighted by atomic mass is 16.5. The van der Waals surface area contributed by atoms with Gasteiger partial charge in [-0.1, -0.05) is 6.92 Å². The number of carbonyl (C=O) groups excluding carboxylic acids is 2. The average molecular weight is 263 g/mol. The topological polar surface area (TPSA) is 55.8 Å². The molecule has 0 radical (unpaired) electrons. The van der Waals surface area contributed by atoms with Crippen molar-refractivity contribution in [1.82, 2.24) is 0 Å². The number of nitrogens with zero attached hydrogens (tertiary/aromatic N) is 1. The largest absolute Gasteiger partial charge is 0.497 e. The van der Waals surface area contributed by atoms with Crippen molar-refractivity contribution >= 4 is 17.6 Å². The molecule has 0 spiro atoms. The van der Waals surface area contributed by atoms with E-state index in [0.717, 1.165) is 0 Å². The van der Waals surface area contributed by atoms with E-state index in [1.165, 1.54) is 12.0 Å². The van der Waals surface area contributed by atoms with E-state index in [1.807, 2.05) is 6.92 Å². The smallest absolute Gasteiger partial charge is 0.329 e. The third-order valence-corrected chi connectivity index (χ3v) is 3.45. The molecule has 2 rings (SSSR count). The van der Waals surface area contributed by atoms with Crippen LogP contribution in [0.3, 0.4) is 0 Å². The number of β-lactam (4-membered cyclic amide) rings is 1. The predicted octanol–water partition coefficient (Wildman–Crippen LogP) is 1.61. The fourth-order valence-corrected chi connectivity index (χ4v) is 2.37. The number of benzene rings is 1. The summed E-state index contributed by atoms with van der Waals surface area (Å²) < 4.78 is 9.84. The molecule has 1 aromatic rings. The summed E-state index contributed by atoms with van der Waals surface area (Å²) in [7, 11) is 2.91. The Kier molecular flexibility index (Phi) is 3.74. The highest BCUT2D eigenvalue weighted by Gasteiger charge is 2.51. The van der Waals surface area contributed by atoms with Crippen LogP contribution in [0.25, 0.3) is 0 Å². The lowest BCUT2D eigenvalue weighted by molar-refractivity contribution is -0.152. The normalized spacial score (nSPS) is 21.8. The summed E-state index contributed by atoms with van der Waals surface area (Å²) >= 11 is 0. The van der Waals surface area contributed by atoms with Gasteiger partial charge in [0, 0.05) is 5.69 Å². The number of amides is 1. The molecule has 0 N–H and O–H groups in total. The van der Waals surface area contributed by atoms with Gasteiger partial charge in [0.1, 0.15) is 11.8 Å². The molecule has 1 aliphatic heterocycles. The van der Waals surface area contributed by atoms with E-state index in [1.54, 1.807) is 31.4 Å². The maximum atomic E-state index is 12.1. The van der Waals surface area contributed by atoms with Crippen LogP contribution in [0.1, 0.15) is 13.3 Å². The van der Waals surface area contributed by atoms with Crippen LogP contribution in [0.2, 0.25) is 0 Å². The van der Waals surface area contributed by atoms with Crippen LogP contribution in [0, 0.1) is 5.92 Å². The molecular weight excluding hydrogens is 246 g/mol. The Morgan fingerprint density at radius 1 is 1.26 bits per heavy atom. The molecule has 5 heteroatoms. The van der Waals surface area contributed by atoms with Crippen molar-refractivity contribution in [2.24, 2.45) is 5.92 Å². The molecule has 1 saturated heterocycles. The Morgan fingerprint density at radius 2 is 1.89 bits per heavy atom. The number of anilines is 1. The van der Waals surface area contributed by atoms with Crippen molar-refractivity contribution in [3.8, 4) is 5.75 Å². The van der Waals surface area contributed by atoms with Gasteiger partial charge in [-0.15, -0.1) is 0 Å². The quantitative estimate of drug-likeness (QED) is 0.611. The third kappa shape index (κ3) is 2.16. The van der Waals surface area contributed by atoms with Gasteiger partial charge in [0.05, 0.1) is 20.1 Å². The van der Waals surface area contributed by atoms with Crippen LogP contribution in [-0.4, -0.2) is 32.1 Å². The molecule has 0 aliphatic carbocycles. The molecule has 0 saturated carbocycles. The van der Waals surface area contributed by atoms with Crippen molar-refractivity contribution in [3.05, 3.63) is 24.3 Å². The number of hydrogen-bond acceptors (Lipinski definition) is 4. The summed E-state index contributed by atoms with van der Waals surface area (Å²) in [6.07, 6.45) is 0.630. The van der Waals surface area contributed by atoms with E-state index in [2.05, 4.69) is 0 Å². The minimum atomic E-state index is -0.518. The highest BCUT2D eigenvalue weighted by Crippen LogP contribution is 2.35. The van der Waals surface area contributed by atoms with E-state index in [0.29, 0.717) is 17.9 Å². The Morgan fingerprint density at radius 3 is 2.37 bits per heavy atom. The summed E-state index contributed by atoms with van der Waals surface area (Å²) in [5.41, 5.74) is 0.686. The second kappa shape index (κ2) is 5.30. The van der Waals surface area contributed by atoms with E-state index in [-0.39, 0.29) is 17.8 Å². The van der Waals surface area contributed by atoms with Crippen LogP contribution in [0.4, 0.5) is 5.69 Å². The Balaban J connectivity index is 2.26. The molecule has 102 valence electrons. The van der Waals surface area contributed by atoms with Crippen LogP contribution >= 0.6 is 0 Å². The lowest BCUT2D eigenvalue weighted by atomic mass is 9.84. The van der Waals surface area contributed by atoms with Gasteiger partial charge in [0.2, 0.25) is 5.91 Å². The SMILES string of the molecule is CC[C@@H]1C(=O)N(c2ccc(OC)cc2)[C@@H]1C(=O)OC. The molecule has 2 atom stereocenters. The first-order valence-electron chi connectivity index (χ1n) is 6.19. The molecule has 0 bridgehead atoms. The average Bonchev–Trinajstić information content (AvgIpc) is 2.45. The number of hydrogen-bond donors (Lipinski definition) is 0. The molecule has 19 heavy (non-hydrogen) atoms. The van der Waals surface area contributed by atoms with Gasteiger partial charge in [-0.2, -0.15) is 0 Å². The number of carbonyl (C=O) groups is 2. The molecule has 0 unspecified atom stereocenters. The minimum Gasteiger partial charge on any atom is -0.497 e. The summed E-state index contributed by atoms with van der Waals surface area (Å²) in [4.78, 5) is 25.3. The standard InChI is InChI=1S/C14H17NO4/c1-4-11-12(14(17)19-3)15(13(11)16)9-5-7-10(18-2)8-6-9/h5-8,11-12H,4H2,1-3H3/t11-,12-/m0/s1. The predicted molar refractivity (Wildman–Crippen MR) is 70.1 cm³/mol. The molecule has 1 fully saturated rings. The van der Waals surface area contributed by atoms with Crippen molar-refractivity contribution in [3.63, 3.8) is 0 Å². The van der Waals surface area contributed by atoms with Crippen molar-refractivity contribution in [2.45, 2.75) is 19.4 Å². The third-order valence-electron chi connectivity index (χ3n) is 3.45. The Labute approximate surface area is 112 Å². The molecule has 1 aliphatic rings. The number of esters is 1. The van der Waals surface area contributed by atoms with E-state index >= 15 is 0 Å². The van der Waals surface area contributed by atoms with Gasteiger partial charge < -0.3 is 9.47 Å². The maximum absolute atomic E-state index is 12.1. The number of rotatable bonds is 4. The van der Waals surface area contributed by atoms with Gasteiger partial charge in [-0.3, -0.25) is 9.69 Å². The number of methoxy groups -OCH3 is 2. The van der Waals surface area contributed by atoms with Gasteiger partial charge in [-0.05, 0) is 30.7 Å². The fourth-order valence-electron chi connectivity index (χ4n) is 2.37. The van der Waals surface area contributed by atoms with Gasteiger partial charge in [0.25, 0.3) is 0 Å². The molecular formula is C14H17NO4. The zero-order chi connectivity index (χ0) is 14.0. The van der Waals surface area contributed by atoms with Gasteiger partial charge in [0.15, 0.2) is 0 Å². The van der Waals surface area contributed by atoms with E-state index in [9.17, 15) is 9.59 Å². The summed E-state index contributed by atoms with van der Waals surface area (Å²) in [5, 5.41) is 0. The maximum Gasteiger partial charge on any atom is 0.329 e. The van der Waals surface area contributed by atoms with Crippen LogP contribution in [-0.2, 0) is 14.3 Å². The van der Waals surface area contributed by atoms with Crippen molar-refractivity contribution < 1.29 is 19.1 Å². The molecule has 1 aromatic carbocycles. The first-order valence-corrected chi connectivity index (χ1v) is 6.19. The minimum absolute atomic E-state index is 0.0388. The summed E-state index contributed by atoms with van der Waals surface area (Å²) in [6, 6.07) is 6.53. The lowest BCUT2D eigenvalue weighted by Gasteiger charge is -2.44. The molecule has 1 amide bonds. The Bertz CT molecular complexity index is 483. The second-order valence-corrected chi connectivity index (χ2v) is 4.39.